The highest BCUT2D eigenvalue weighted by atomic mass is 16.1. The van der Waals surface area contributed by atoms with Gasteiger partial charge in [-0.2, -0.15) is 0 Å². The van der Waals surface area contributed by atoms with Crippen LogP contribution in [0, 0.1) is 6.92 Å². The monoisotopic (exact) mass is 189 g/mol. The molecule has 2 nitrogen and oxygen atoms in total. The van der Waals surface area contributed by atoms with E-state index in [1.54, 1.807) is 12.4 Å². The van der Waals surface area contributed by atoms with Gasteiger partial charge in [0.15, 0.2) is 5.78 Å². The number of hydrogen-bond donors (Lipinski definition) is 0. The van der Waals surface area contributed by atoms with Gasteiger partial charge in [-0.1, -0.05) is 19.1 Å². The number of allylic oxidation sites excluding steroid dienone is 1. The molecule has 0 unspecified atom stereocenters. The van der Waals surface area contributed by atoms with Crippen LogP contribution in [0.25, 0.3) is 0 Å². The lowest BCUT2D eigenvalue weighted by Gasteiger charge is -2.02. The largest absolute Gasteiger partial charge is 0.294 e. The minimum atomic E-state index is 0.105. The molecule has 14 heavy (non-hydrogen) atoms. The fourth-order valence-corrected chi connectivity index (χ4v) is 1.16. The van der Waals surface area contributed by atoms with Gasteiger partial charge in [0.25, 0.3) is 0 Å². The molecular formula is C12H15NO. The van der Waals surface area contributed by atoms with E-state index in [0.717, 1.165) is 17.6 Å². The first-order chi connectivity index (χ1) is 6.63. The first-order valence-corrected chi connectivity index (χ1v) is 4.75. The van der Waals surface area contributed by atoms with Crippen LogP contribution in [-0.2, 0) is 0 Å². The molecular weight excluding hydrogens is 174 g/mol. The molecule has 0 aliphatic heterocycles. The Hall–Kier alpha value is -1.44. The second-order valence-electron chi connectivity index (χ2n) is 3.45. The van der Waals surface area contributed by atoms with E-state index < -0.39 is 0 Å². The summed E-state index contributed by atoms with van der Waals surface area (Å²) >= 11 is 0. The Labute approximate surface area is 84.7 Å². The van der Waals surface area contributed by atoms with Crippen LogP contribution in [0.1, 0.15) is 35.7 Å². The second kappa shape index (κ2) is 4.70. The number of ketones is 1. The van der Waals surface area contributed by atoms with E-state index in [1.807, 2.05) is 19.9 Å². The number of aromatic nitrogens is 1. The van der Waals surface area contributed by atoms with Gasteiger partial charge in [-0.25, -0.2) is 0 Å². The summed E-state index contributed by atoms with van der Waals surface area (Å²) in [7, 11) is 0. The maximum atomic E-state index is 11.7. The Morgan fingerprint density at radius 3 is 2.79 bits per heavy atom. The molecule has 0 aromatic carbocycles. The Bertz CT molecular complexity index is 355. The summed E-state index contributed by atoms with van der Waals surface area (Å²) in [4.78, 5) is 15.7. The van der Waals surface area contributed by atoms with Gasteiger partial charge in [-0.15, -0.1) is 0 Å². The summed E-state index contributed by atoms with van der Waals surface area (Å²) < 4.78 is 0. The van der Waals surface area contributed by atoms with Gasteiger partial charge in [-0.3, -0.25) is 9.78 Å². The van der Waals surface area contributed by atoms with Crippen molar-refractivity contribution in [2.45, 2.75) is 26.7 Å². The van der Waals surface area contributed by atoms with Gasteiger partial charge in [0.2, 0.25) is 0 Å². The maximum absolute atomic E-state index is 11.7. The molecule has 1 aromatic heterocycles. The topological polar surface area (TPSA) is 30.0 Å². The fourth-order valence-electron chi connectivity index (χ4n) is 1.16. The minimum absolute atomic E-state index is 0.105. The van der Waals surface area contributed by atoms with Crippen molar-refractivity contribution < 1.29 is 4.79 Å². The average Bonchev–Trinajstić information content (AvgIpc) is 2.17. The fraction of sp³-hybridized carbons (Fsp3) is 0.333. The van der Waals surface area contributed by atoms with Crippen LogP contribution in [0.2, 0.25) is 0 Å². The lowest BCUT2D eigenvalue weighted by Crippen LogP contribution is -2.01. The van der Waals surface area contributed by atoms with E-state index in [-0.39, 0.29) is 5.78 Å². The molecule has 0 bridgehead atoms. The summed E-state index contributed by atoms with van der Waals surface area (Å²) in [6, 6.07) is 1.86. The van der Waals surface area contributed by atoms with Crippen molar-refractivity contribution in [3.8, 4) is 0 Å². The number of Topliss-reactive ketones (excluding diaryl/α,β-unsaturated/α-hetero) is 1. The summed E-state index contributed by atoms with van der Waals surface area (Å²) in [6.07, 6.45) is 4.64. The van der Waals surface area contributed by atoms with Crippen molar-refractivity contribution in [1.29, 1.82) is 0 Å². The molecule has 0 spiro atoms. The highest BCUT2D eigenvalue weighted by Crippen LogP contribution is 2.10. The molecule has 1 heterocycles. The number of aryl methyl sites for hydroxylation is 1. The Balaban J connectivity index is 2.75. The molecule has 0 fully saturated rings. The van der Waals surface area contributed by atoms with E-state index >= 15 is 0 Å². The Morgan fingerprint density at radius 2 is 2.21 bits per heavy atom. The maximum Gasteiger partial charge on any atom is 0.168 e. The van der Waals surface area contributed by atoms with Gasteiger partial charge in [0.05, 0.1) is 0 Å². The smallest absolute Gasteiger partial charge is 0.168 e. The number of pyridine rings is 1. The predicted octanol–water partition coefficient (Wildman–Crippen LogP) is 2.93. The van der Waals surface area contributed by atoms with Crippen molar-refractivity contribution in [3.05, 3.63) is 41.7 Å². The normalized spacial score (nSPS) is 9.86. The number of carbonyl (C=O) groups excluding carboxylic acids is 1. The zero-order chi connectivity index (χ0) is 10.6. The second-order valence-corrected chi connectivity index (χ2v) is 3.45. The van der Waals surface area contributed by atoms with Crippen molar-refractivity contribution in [3.63, 3.8) is 0 Å². The van der Waals surface area contributed by atoms with Crippen LogP contribution in [0.4, 0.5) is 0 Å². The number of carbonyl (C=O) groups is 1. The Morgan fingerprint density at radius 1 is 1.50 bits per heavy atom. The van der Waals surface area contributed by atoms with Crippen LogP contribution in [0.3, 0.4) is 0 Å². The average molecular weight is 189 g/mol. The molecule has 0 saturated carbocycles. The molecule has 0 saturated heterocycles. The lowest BCUT2D eigenvalue weighted by atomic mass is 10.0. The molecule has 0 aliphatic rings. The molecule has 0 amide bonds. The summed E-state index contributed by atoms with van der Waals surface area (Å²) in [6.45, 7) is 7.75. The zero-order valence-corrected chi connectivity index (χ0v) is 8.71. The number of rotatable bonds is 4. The molecule has 0 N–H and O–H groups in total. The molecule has 0 aliphatic carbocycles. The molecule has 74 valence electrons. The van der Waals surface area contributed by atoms with Crippen LogP contribution in [0.5, 0.6) is 0 Å². The van der Waals surface area contributed by atoms with E-state index in [4.69, 9.17) is 0 Å². The third kappa shape index (κ3) is 2.80. The van der Waals surface area contributed by atoms with E-state index in [9.17, 15) is 4.79 Å². The highest BCUT2D eigenvalue weighted by molar-refractivity contribution is 5.97. The molecule has 0 atom stereocenters. The van der Waals surface area contributed by atoms with Crippen molar-refractivity contribution in [1.82, 2.24) is 4.98 Å². The van der Waals surface area contributed by atoms with Gasteiger partial charge in [-0.05, 0) is 25.0 Å². The summed E-state index contributed by atoms with van der Waals surface area (Å²) in [5.41, 5.74) is 2.66. The van der Waals surface area contributed by atoms with E-state index in [0.29, 0.717) is 12.0 Å². The van der Waals surface area contributed by atoms with Crippen LogP contribution >= 0.6 is 0 Å². The van der Waals surface area contributed by atoms with Crippen molar-refractivity contribution in [2.24, 2.45) is 0 Å². The van der Waals surface area contributed by atoms with Gasteiger partial charge in [0.1, 0.15) is 0 Å². The van der Waals surface area contributed by atoms with Gasteiger partial charge < -0.3 is 0 Å². The molecule has 0 radical (unpaired) electrons. The number of hydrogen-bond acceptors (Lipinski definition) is 2. The van der Waals surface area contributed by atoms with Crippen LogP contribution in [-0.4, -0.2) is 10.8 Å². The summed E-state index contributed by atoms with van der Waals surface area (Å²) in [5, 5.41) is 0. The molecule has 1 aromatic rings. The number of nitrogens with zero attached hydrogens (tertiary/aromatic N) is 1. The first-order valence-electron chi connectivity index (χ1n) is 4.75. The third-order valence-electron chi connectivity index (χ3n) is 2.11. The third-order valence-corrected chi connectivity index (χ3v) is 2.11. The molecule has 1 rings (SSSR count). The first kappa shape index (κ1) is 10.6. The highest BCUT2D eigenvalue weighted by Gasteiger charge is 2.06. The minimum Gasteiger partial charge on any atom is -0.294 e. The van der Waals surface area contributed by atoms with Crippen LogP contribution in [0.15, 0.2) is 30.6 Å². The Kier molecular flexibility index (Phi) is 3.57. The van der Waals surface area contributed by atoms with Crippen molar-refractivity contribution in [2.75, 3.05) is 0 Å². The van der Waals surface area contributed by atoms with Crippen LogP contribution < -0.4 is 0 Å². The van der Waals surface area contributed by atoms with E-state index in [1.165, 1.54) is 0 Å². The molecule has 2 heteroatoms. The quantitative estimate of drug-likeness (QED) is 0.538. The van der Waals surface area contributed by atoms with Gasteiger partial charge >= 0.3 is 0 Å². The SMILES string of the molecule is C=C(CC)CC(=O)c1cncc(C)c1. The standard InChI is InChI=1S/C12H15NO/c1-4-9(2)6-12(14)11-5-10(3)7-13-8-11/h5,7-8H,2,4,6H2,1,3H3. The van der Waals surface area contributed by atoms with Gasteiger partial charge in [0, 0.05) is 24.4 Å². The summed E-state index contributed by atoms with van der Waals surface area (Å²) in [5.74, 6) is 0.105. The zero-order valence-electron chi connectivity index (χ0n) is 8.71. The van der Waals surface area contributed by atoms with E-state index in [2.05, 4.69) is 11.6 Å². The predicted molar refractivity (Wildman–Crippen MR) is 57.4 cm³/mol. The lowest BCUT2D eigenvalue weighted by molar-refractivity contribution is 0.0992. The van der Waals surface area contributed by atoms with Crippen molar-refractivity contribution >= 4 is 5.78 Å².